The van der Waals surface area contributed by atoms with Crippen LogP contribution in [-0.4, -0.2) is 16.7 Å². The number of rotatable bonds is 2. The van der Waals surface area contributed by atoms with Crippen LogP contribution in [0.25, 0.3) is 11.4 Å². The van der Waals surface area contributed by atoms with Gasteiger partial charge >= 0.3 is 0 Å². The third-order valence-corrected chi connectivity index (χ3v) is 4.83. The molecule has 0 spiro atoms. The van der Waals surface area contributed by atoms with Crippen molar-refractivity contribution in [3.05, 3.63) is 57.1 Å². The Morgan fingerprint density at radius 1 is 1.24 bits per heavy atom. The van der Waals surface area contributed by atoms with Gasteiger partial charge in [0.15, 0.2) is 0 Å². The van der Waals surface area contributed by atoms with E-state index >= 15 is 0 Å². The highest BCUT2D eigenvalue weighted by Crippen LogP contribution is 2.32. The number of halogens is 1. The normalized spacial score (nSPS) is 17.7. The molecule has 1 aliphatic heterocycles. The lowest BCUT2D eigenvalue weighted by molar-refractivity contribution is 0.344. The van der Waals surface area contributed by atoms with Gasteiger partial charge in [-0.05, 0) is 47.7 Å². The molecule has 1 aliphatic rings. The van der Waals surface area contributed by atoms with Gasteiger partial charge in [0.25, 0.3) is 0 Å². The molecule has 0 radical (unpaired) electrons. The molecule has 0 fully saturated rings. The smallest absolute Gasteiger partial charge is 0.248 e. The van der Waals surface area contributed by atoms with E-state index in [-0.39, 0.29) is 6.04 Å². The maximum absolute atomic E-state index is 5.90. The topological polar surface area (TPSA) is 51.0 Å². The Morgan fingerprint density at radius 3 is 2.95 bits per heavy atom. The fraction of sp³-hybridized carbons (Fsp3) is 0.200. The van der Waals surface area contributed by atoms with Crippen molar-refractivity contribution in [3.8, 4) is 11.4 Å². The molecule has 4 nitrogen and oxygen atoms in total. The molecule has 0 saturated carbocycles. The molecule has 0 aliphatic carbocycles. The molecule has 1 aromatic carbocycles. The number of fused-ring (bicyclic) bond motifs is 1. The second kappa shape index (κ2) is 5.26. The molecule has 0 amide bonds. The third kappa shape index (κ3) is 2.37. The van der Waals surface area contributed by atoms with Gasteiger partial charge in [-0.3, -0.25) is 0 Å². The predicted molar refractivity (Wildman–Crippen MR) is 82.6 cm³/mol. The molecule has 1 atom stereocenters. The van der Waals surface area contributed by atoms with Crippen molar-refractivity contribution in [1.29, 1.82) is 0 Å². The van der Waals surface area contributed by atoms with Crippen molar-refractivity contribution < 1.29 is 4.52 Å². The second-order valence-electron chi connectivity index (χ2n) is 4.90. The van der Waals surface area contributed by atoms with E-state index in [1.165, 1.54) is 10.4 Å². The fourth-order valence-electron chi connectivity index (χ4n) is 2.54. The summed E-state index contributed by atoms with van der Waals surface area (Å²) in [6.45, 7) is 0.927. The molecule has 3 heterocycles. The van der Waals surface area contributed by atoms with Gasteiger partial charge in [-0.25, -0.2) is 0 Å². The number of hydrogen-bond donors (Lipinski definition) is 1. The Labute approximate surface area is 130 Å². The van der Waals surface area contributed by atoms with Crippen LogP contribution in [0.5, 0.6) is 0 Å². The Morgan fingerprint density at radius 2 is 2.10 bits per heavy atom. The lowest BCUT2D eigenvalue weighted by atomic mass is 10.0. The molecule has 21 heavy (non-hydrogen) atoms. The molecular formula is C15H12ClN3OS. The van der Waals surface area contributed by atoms with Crippen molar-refractivity contribution in [1.82, 2.24) is 15.5 Å². The molecule has 2 aromatic heterocycles. The minimum absolute atomic E-state index is 0.00597. The Bertz CT molecular complexity index is 765. The summed E-state index contributed by atoms with van der Waals surface area (Å²) in [6.07, 6.45) is 1.06. The monoisotopic (exact) mass is 317 g/mol. The maximum Gasteiger partial charge on any atom is 0.248 e. The third-order valence-electron chi connectivity index (χ3n) is 3.58. The average Bonchev–Trinajstić information content (AvgIpc) is 3.16. The number of thiophene rings is 1. The zero-order valence-corrected chi connectivity index (χ0v) is 12.6. The first-order valence-electron chi connectivity index (χ1n) is 6.70. The highest BCUT2D eigenvalue weighted by molar-refractivity contribution is 7.10. The highest BCUT2D eigenvalue weighted by atomic mass is 35.5. The van der Waals surface area contributed by atoms with E-state index < -0.39 is 0 Å². The van der Waals surface area contributed by atoms with Crippen molar-refractivity contribution >= 4 is 22.9 Å². The standard InChI is InChI=1S/C15H12ClN3OS/c16-10-3-1-9(2-4-10)14-18-15(20-19-14)13-11-6-8-21-12(11)5-7-17-13/h1-4,6,8,13,17H,5,7H2. The van der Waals surface area contributed by atoms with Gasteiger partial charge in [0, 0.05) is 22.0 Å². The molecule has 0 bridgehead atoms. The van der Waals surface area contributed by atoms with Crippen LogP contribution in [0.2, 0.25) is 5.02 Å². The maximum atomic E-state index is 5.90. The van der Waals surface area contributed by atoms with Crippen LogP contribution in [0.1, 0.15) is 22.4 Å². The average molecular weight is 318 g/mol. The molecule has 3 aromatic rings. The van der Waals surface area contributed by atoms with E-state index in [2.05, 4.69) is 26.9 Å². The first-order chi connectivity index (χ1) is 10.3. The van der Waals surface area contributed by atoms with Crippen LogP contribution in [0, 0.1) is 0 Å². The van der Waals surface area contributed by atoms with Gasteiger partial charge in [0.1, 0.15) is 6.04 Å². The zero-order valence-electron chi connectivity index (χ0n) is 11.0. The van der Waals surface area contributed by atoms with Crippen LogP contribution in [0.4, 0.5) is 0 Å². The van der Waals surface area contributed by atoms with Crippen molar-refractivity contribution in [2.75, 3.05) is 6.54 Å². The highest BCUT2D eigenvalue weighted by Gasteiger charge is 2.27. The summed E-state index contributed by atoms with van der Waals surface area (Å²) < 4.78 is 5.46. The summed E-state index contributed by atoms with van der Waals surface area (Å²) in [7, 11) is 0. The minimum Gasteiger partial charge on any atom is -0.337 e. The van der Waals surface area contributed by atoms with Gasteiger partial charge in [-0.1, -0.05) is 16.8 Å². The quantitative estimate of drug-likeness (QED) is 0.783. The zero-order chi connectivity index (χ0) is 14.2. The molecular weight excluding hydrogens is 306 g/mol. The first-order valence-corrected chi connectivity index (χ1v) is 7.96. The molecule has 4 rings (SSSR count). The van der Waals surface area contributed by atoms with E-state index in [4.69, 9.17) is 16.1 Å². The Kier molecular flexibility index (Phi) is 3.25. The Balaban J connectivity index is 1.68. The largest absolute Gasteiger partial charge is 0.337 e. The summed E-state index contributed by atoms with van der Waals surface area (Å²) >= 11 is 7.68. The van der Waals surface area contributed by atoms with Gasteiger partial charge in [0.2, 0.25) is 11.7 Å². The van der Waals surface area contributed by atoms with E-state index in [1.54, 1.807) is 11.3 Å². The van der Waals surface area contributed by atoms with Crippen LogP contribution in [0.15, 0.2) is 40.2 Å². The Hall–Kier alpha value is -1.69. The summed E-state index contributed by atoms with van der Waals surface area (Å²) in [5.74, 6) is 1.20. The number of hydrogen-bond acceptors (Lipinski definition) is 5. The van der Waals surface area contributed by atoms with E-state index in [1.807, 2.05) is 24.3 Å². The van der Waals surface area contributed by atoms with Crippen molar-refractivity contribution in [2.24, 2.45) is 0 Å². The molecule has 0 saturated heterocycles. The van der Waals surface area contributed by atoms with Gasteiger partial charge in [0.05, 0.1) is 0 Å². The number of nitrogens with one attached hydrogen (secondary N) is 1. The molecule has 6 heteroatoms. The number of nitrogens with zero attached hydrogens (tertiary/aromatic N) is 2. The second-order valence-corrected chi connectivity index (χ2v) is 6.34. The lowest BCUT2D eigenvalue weighted by Gasteiger charge is -2.20. The minimum atomic E-state index is -0.00597. The summed E-state index contributed by atoms with van der Waals surface area (Å²) in [5, 5.41) is 10.3. The molecule has 1 N–H and O–H groups in total. The van der Waals surface area contributed by atoms with Crippen molar-refractivity contribution in [2.45, 2.75) is 12.5 Å². The molecule has 1 unspecified atom stereocenters. The van der Waals surface area contributed by atoms with E-state index in [0.29, 0.717) is 16.7 Å². The van der Waals surface area contributed by atoms with Gasteiger partial charge in [-0.2, -0.15) is 4.98 Å². The van der Waals surface area contributed by atoms with Crippen molar-refractivity contribution in [3.63, 3.8) is 0 Å². The van der Waals surface area contributed by atoms with Crippen LogP contribution in [0.3, 0.4) is 0 Å². The van der Waals surface area contributed by atoms with E-state index in [9.17, 15) is 0 Å². The van der Waals surface area contributed by atoms with Crippen LogP contribution in [-0.2, 0) is 6.42 Å². The number of benzene rings is 1. The summed E-state index contributed by atoms with van der Waals surface area (Å²) in [5.41, 5.74) is 2.15. The van der Waals surface area contributed by atoms with Gasteiger partial charge in [-0.15, -0.1) is 11.3 Å². The summed E-state index contributed by atoms with van der Waals surface area (Å²) in [4.78, 5) is 5.93. The first kappa shape index (κ1) is 13.0. The molecule has 106 valence electrons. The van der Waals surface area contributed by atoms with Crippen LogP contribution < -0.4 is 5.32 Å². The summed E-state index contributed by atoms with van der Waals surface area (Å²) in [6, 6.07) is 9.55. The SMILES string of the molecule is Clc1ccc(-c2noc(C3NCCc4sccc43)n2)cc1. The van der Waals surface area contributed by atoms with Gasteiger partial charge < -0.3 is 9.84 Å². The lowest BCUT2D eigenvalue weighted by Crippen LogP contribution is -2.29. The fourth-order valence-corrected chi connectivity index (χ4v) is 3.59. The van der Waals surface area contributed by atoms with Crippen LogP contribution >= 0.6 is 22.9 Å². The number of aromatic nitrogens is 2. The predicted octanol–water partition coefficient (Wildman–Crippen LogP) is 3.69. The van der Waals surface area contributed by atoms with E-state index in [0.717, 1.165) is 18.5 Å².